The lowest BCUT2D eigenvalue weighted by Crippen LogP contribution is -2.20. The number of rotatable bonds is 5. The van der Waals surface area contributed by atoms with Crippen molar-refractivity contribution in [3.63, 3.8) is 0 Å². The highest BCUT2D eigenvalue weighted by atomic mass is 35.5. The van der Waals surface area contributed by atoms with E-state index in [1.54, 1.807) is 13.1 Å². The van der Waals surface area contributed by atoms with E-state index in [4.69, 9.17) is 11.6 Å². The molecule has 0 bridgehead atoms. The van der Waals surface area contributed by atoms with Gasteiger partial charge in [-0.15, -0.1) is 11.8 Å². The van der Waals surface area contributed by atoms with E-state index in [0.29, 0.717) is 16.3 Å². The molecule has 2 aromatic rings. The maximum atomic E-state index is 13.8. The summed E-state index contributed by atoms with van der Waals surface area (Å²) in [4.78, 5) is 0.922. The molecular formula is C15H14ClF2NS. The van der Waals surface area contributed by atoms with Crippen LogP contribution < -0.4 is 5.32 Å². The minimum Gasteiger partial charge on any atom is -0.312 e. The van der Waals surface area contributed by atoms with E-state index < -0.39 is 11.6 Å². The number of nitrogens with one attached hydrogen (secondary N) is 1. The molecule has 0 heterocycles. The number of hydrogen-bond donors (Lipinski definition) is 1. The summed E-state index contributed by atoms with van der Waals surface area (Å²) in [6.45, 7) is 0. The second kappa shape index (κ2) is 7.07. The zero-order valence-electron chi connectivity index (χ0n) is 10.9. The molecule has 1 N–H and O–H groups in total. The third-order valence-electron chi connectivity index (χ3n) is 2.92. The third kappa shape index (κ3) is 3.72. The van der Waals surface area contributed by atoms with Gasteiger partial charge in [0.15, 0.2) is 0 Å². The van der Waals surface area contributed by atoms with Gasteiger partial charge in [0, 0.05) is 22.3 Å². The van der Waals surface area contributed by atoms with Crippen molar-refractivity contribution in [2.75, 3.05) is 12.8 Å². The number of thioether (sulfide) groups is 1. The van der Waals surface area contributed by atoms with Gasteiger partial charge in [-0.2, -0.15) is 0 Å². The molecule has 0 aromatic heterocycles. The first-order chi connectivity index (χ1) is 9.61. The normalized spacial score (nSPS) is 12.4. The van der Waals surface area contributed by atoms with Crippen LogP contribution in [0, 0.1) is 11.6 Å². The second-order valence-corrected chi connectivity index (χ2v) is 5.72. The van der Waals surface area contributed by atoms with Gasteiger partial charge in [-0.1, -0.05) is 23.7 Å². The predicted molar refractivity (Wildman–Crippen MR) is 80.3 cm³/mol. The lowest BCUT2D eigenvalue weighted by atomic mass is 10.1. The Hall–Kier alpha value is -1.10. The van der Waals surface area contributed by atoms with Gasteiger partial charge in [-0.3, -0.25) is 0 Å². The SMILES string of the molecule is CNC(CSc1ccccc1Cl)c1cc(F)ccc1F. The zero-order chi connectivity index (χ0) is 14.5. The summed E-state index contributed by atoms with van der Waals surface area (Å²) in [7, 11) is 1.72. The first kappa shape index (κ1) is 15.3. The lowest BCUT2D eigenvalue weighted by Gasteiger charge is -2.17. The Morgan fingerprint density at radius 3 is 2.65 bits per heavy atom. The third-order valence-corrected chi connectivity index (χ3v) is 4.53. The van der Waals surface area contributed by atoms with Crippen molar-refractivity contribution in [3.8, 4) is 0 Å². The highest BCUT2D eigenvalue weighted by molar-refractivity contribution is 7.99. The van der Waals surface area contributed by atoms with E-state index in [2.05, 4.69) is 5.32 Å². The first-order valence-corrected chi connectivity index (χ1v) is 7.47. The van der Waals surface area contributed by atoms with Crippen molar-refractivity contribution in [1.29, 1.82) is 0 Å². The van der Waals surface area contributed by atoms with Gasteiger partial charge in [0.1, 0.15) is 11.6 Å². The van der Waals surface area contributed by atoms with E-state index in [0.717, 1.165) is 17.0 Å². The smallest absolute Gasteiger partial charge is 0.128 e. The van der Waals surface area contributed by atoms with Crippen LogP contribution in [0.1, 0.15) is 11.6 Å². The quantitative estimate of drug-likeness (QED) is 0.805. The van der Waals surface area contributed by atoms with Crippen LogP contribution >= 0.6 is 23.4 Å². The molecule has 0 fully saturated rings. The molecule has 1 unspecified atom stereocenters. The minimum atomic E-state index is -0.440. The van der Waals surface area contributed by atoms with Crippen molar-refractivity contribution >= 4 is 23.4 Å². The maximum absolute atomic E-state index is 13.8. The van der Waals surface area contributed by atoms with E-state index >= 15 is 0 Å². The summed E-state index contributed by atoms with van der Waals surface area (Å²) in [5.74, 6) is -0.296. The van der Waals surface area contributed by atoms with E-state index in [1.807, 2.05) is 18.2 Å². The van der Waals surface area contributed by atoms with Crippen LogP contribution in [0.4, 0.5) is 8.78 Å². The average Bonchev–Trinajstić information content (AvgIpc) is 2.45. The maximum Gasteiger partial charge on any atom is 0.128 e. The number of hydrogen-bond acceptors (Lipinski definition) is 2. The van der Waals surface area contributed by atoms with Crippen LogP contribution in [0.2, 0.25) is 5.02 Å². The standard InChI is InChI=1S/C15H14ClF2NS/c1-19-14(11-8-10(17)6-7-13(11)18)9-20-15-5-3-2-4-12(15)16/h2-8,14,19H,9H2,1H3. The van der Waals surface area contributed by atoms with Crippen molar-refractivity contribution in [1.82, 2.24) is 5.32 Å². The molecule has 1 nitrogen and oxygen atoms in total. The topological polar surface area (TPSA) is 12.0 Å². The molecule has 2 aromatic carbocycles. The van der Waals surface area contributed by atoms with Crippen LogP contribution in [0.3, 0.4) is 0 Å². The Kier molecular flexibility index (Phi) is 5.40. The summed E-state index contributed by atoms with van der Waals surface area (Å²) >= 11 is 7.58. The summed E-state index contributed by atoms with van der Waals surface area (Å²) in [6, 6.07) is 10.7. The Labute approximate surface area is 126 Å². The van der Waals surface area contributed by atoms with Gasteiger partial charge in [-0.25, -0.2) is 8.78 Å². The first-order valence-electron chi connectivity index (χ1n) is 6.11. The summed E-state index contributed by atoms with van der Waals surface area (Å²) < 4.78 is 27.0. The summed E-state index contributed by atoms with van der Waals surface area (Å²) in [5.41, 5.74) is 0.326. The summed E-state index contributed by atoms with van der Waals surface area (Å²) in [6.07, 6.45) is 0. The molecule has 2 rings (SSSR count). The fraction of sp³-hybridized carbons (Fsp3) is 0.200. The number of halogens is 3. The molecule has 0 aliphatic heterocycles. The molecule has 0 saturated heterocycles. The molecule has 0 radical (unpaired) electrons. The highest BCUT2D eigenvalue weighted by Crippen LogP contribution is 2.30. The monoisotopic (exact) mass is 313 g/mol. The predicted octanol–water partition coefficient (Wildman–Crippen LogP) is 4.67. The Balaban J connectivity index is 2.13. The lowest BCUT2D eigenvalue weighted by molar-refractivity contribution is 0.549. The summed E-state index contributed by atoms with van der Waals surface area (Å²) in [5, 5.41) is 3.66. The molecular weight excluding hydrogens is 300 g/mol. The molecule has 0 amide bonds. The number of benzene rings is 2. The van der Waals surface area contributed by atoms with Crippen LogP contribution in [-0.2, 0) is 0 Å². The molecule has 0 aliphatic rings. The second-order valence-electron chi connectivity index (χ2n) is 4.25. The molecule has 0 spiro atoms. The van der Waals surface area contributed by atoms with Gasteiger partial charge >= 0.3 is 0 Å². The van der Waals surface area contributed by atoms with Crippen LogP contribution in [-0.4, -0.2) is 12.8 Å². The molecule has 20 heavy (non-hydrogen) atoms. The van der Waals surface area contributed by atoms with Gasteiger partial charge < -0.3 is 5.32 Å². The van der Waals surface area contributed by atoms with E-state index in [-0.39, 0.29) is 6.04 Å². The Bertz CT molecular complexity index is 592. The van der Waals surface area contributed by atoms with Gasteiger partial charge in [-0.05, 0) is 37.4 Å². The largest absolute Gasteiger partial charge is 0.312 e. The molecule has 1 atom stereocenters. The van der Waals surface area contributed by atoms with Gasteiger partial charge in [0.25, 0.3) is 0 Å². The molecule has 106 valence electrons. The highest BCUT2D eigenvalue weighted by Gasteiger charge is 2.15. The van der Waals surface area contributed by atoms with Crippen molar-refractivity contribution < 1.29 is 8.78 Å². The fourth-order valence-corrected chi connectivity index (χ4v) is 3.22. The van der Waals surface area contributed by atoms with Gasteiger partial charge in [0.2, 0.25) is 0 Å². The van der Waals surface area contributed by atoms with E-state index in [1.165, 1.54) is 17.8 Å². The Morgan fingerprint density at radius 1 is 1.20 bits per heavy atom. The zero-order valence-corrected chi connectivity index (χ0v) is 12.4. The van der Waals surface area contributed by atoms with Crippen LogP contribution in [0.15, 0.2) is 47.4 Å². The minimum absolute atomic E-state index is 0.285. The van der Waals surface area contributed by atoms with Gasteiger partial charge in [0.05, 0.1) is 5.02 Å². The van der Waals surface area contributed by atoms with Crippen LogP contribution in [0.5, 0.6) is 0 Å². The van der Waals surface area contributed by atoms with Crippen molar-refractivity contribution in [3.05, 3.63) is 64.7 Å². The van der Waals surface area contributed by atoms with Crippen molar-refractivity contribution in [2.45, 2.75) is 10.9 Å². The van der Waals surface area contributed by atoms with E-state index in [9.17, 15) is 8.78 Å². The molecule has 0 saturated carbocycles. The fourth-order valence-electron chi connectivity index (χ4n) is 1.85. The van der Waals surface area contributed by atoms with Crippen LogP contribution in [0.25, 0.3) is 0 Å². The van der Waals surface area contributed by atoms with Crippen molar-refractivity contribution in [2.24, 2.45) is 0 Å². The Morgan fingerprint density at radius 2 is 1.95 bits per heavy atom. The molecule has 0 aliphatic carbocycles. The average molecular weight is 314 g/mol. The molecule has 5 heteroatoms.